The lowest BCUT2D eigenvalue weighted by Crippen LogP contribution is -2.02. The molecule has 2 aromatic rings. The topological polar surface area (TPSA) is 24.9 Å². The van der Waals surface area contributed by atoms with Crippen molar-refractivity contribution in [3.8, 4) is 0 Å². The lowest BCUT2D eigenvalue weighted by molar-refractivity contribution is 1.10. The molecule has 0 aliphatic carbocycles. The molecule has 0 saturated heterocycles. The number of benzene rings is 1. The lowest BCUT2D eigenvalue weighted by atomic mass is 10.2. The van der Waals surface area contributed by atoms with Crippen LogP contribution in [0.5, 0.6) is 0 Å². The largest absolute Gasteiger partial charge is 0.379 e. The minimum atomic E-state index is 0.677. The van der Waals surface area contributed by atoms with E-state index < -0.39 is 0 Å². The molecule has 0 amide bonds. The molecule has 18 heavy (non-hydrogen) atoms. The van der Waals surface area contributed by atoms with E-state index in [1.165, 1.54) is 0 Å². The van der Waals surface area contributed by atoms with Crippen molar-refractivity contribution < 1.29 is 0 Å². The molecule has 0 fully saturated rings. The van der Waals surface area contributed by atoms with Gasteiger partial charge in [-0.15, -0.1) is 0 Å². The summed E-state index contributed by atoms with van der Waals surface area (Å²) in [5.74, 6) is 0. The van der Waals surface area contributed by atoms with E-state index in [1.807, 2.05) is 37.3 Å². The standard InChI is InChI=1S/C13H11Br2ClN2/c1-8-12(4-5-13(15)18-8)17-7-9-2-3-10(14)6-11(9)16/h2-6,17H,7H2,1H3. The summed E-state index contributed by atoms with van der Waals surface area (Å²) in [4.78, 5) is 4.34. The summed E-state index contributed by atoms with van der Waals surface area (Å²) in [6.07, 6.45) is 0. The molecule has 1 heterocycles. The Balaban J connectivity index is 2.11. The molecule has 1 aromatic carbocycles. The van der Waals surface area contributed by atoms with Crippen LogP contribution in [-0.2, 0) is 6.54 Å². The molecule has 2 rings (SSSR count). The monoisotopic (exact) mass is 388 g/mol. The summed E-state index contributed by atoms with van der Waals surface area (Å²) >= 11 is 12.9. The summed E-state index contributed by atoms with van der Waals surface area (Å²) in [6.45, 7) is 2.65. The zero-order valence-electron chi connectivity index (χ0n) is 9.67. The lowest BCUT2D eigenvalue weighted by Gasteiger charge is -2.10. The number of halogens is 3. The van der Waals surface area contributed by atoms with Gasteiger partial charge >= 0.3 is 0 Å². The first-order chi connectivity index (χ1) is 8.56. The van der Waals surface area contributed by atoms with Crippen molar-refractivity contribution >= 4 is 49.1 Å². The molecule has 1 N–H and O–H groups in total. The third-order valence-electron chi connectivity index (χ3n) is 2.54. The Kier molecular flexibility index (Phi) is 4.65. The average molecular weight is 391 g/mol. The summed E-state index contributed by atoms with van der Waals surface area (Å²) in [5, 5.41) is 4.08. The Morgan fingerprint density at radius 2 is 2.00 bits per heavy atom. The van der Waals surface area contributed by atoms with Gasteiger partial charge in [-0.1, -0.05) is 33.6 Å². The van der Waals surface area contributed by atoms with Gasteiger partial charge in [0.25, 0.3) is 0 Å². The van der Waals surface area contributed by atoms with Crippen molar-refractivity contribution in [2.45, 2.75) is 13.5 Å². The molecule has 0 aliphatic heterocycles. The van der Waals surface area contributed by atoms with Crippen LogP contribution < -0.4 is 5.32 Å². The van der Waals surface area contributed by atoms with Crippen molar-refractivity contribution in [3.05, 3.63) is 55.7 Å². The van der Waals surface area contributed by atoms with E-state index in [-0.39, 0.29) is 0 Å². The molecule has 0 unspecified atom stereocenters. The molecule has 0 radical (unpaired) electrons. The van der Waals surface area contributed by atoms with Gasteiger partial charge in [-0.2, -0.15) is 0 Å². The van der Waals surface area contributed by atoms with Gasteiger partial charge in [0.1, 0.15) is 4.60 Å². The second kappa shape index (κ2) is 6.04. The maximum Gasteiger partial charge on any atom is 0.106 e. The molecule has 2 nitrogen and oxygen atoms in total. The van der Waals surface area contributed by atoms with E-state index in [4.69, 9.17) is 11.6 Å². The normalized spacial score (nSPS) is 10.4. The van der Waals surface area contributed by atoms with Crippen LogP contribution in [0.15, 0.2) is 39.4 Å². The summed E-state index contributed by atoms with van der Waals surface area (Å²) < 4.78 is 1.82. The van der Waals surface area contributed by atoms with Crippen molar-refractivity contribution in [3.63, 3.8) is 0 Å². The second-order valence-electron chi connectivity index (χ2n) is 3.86. The Hall–Kier alpha value is -0.580. The van der Waals surface area contributed by atoms with Crippen molar-refractivity contribution in [2.24, 2.45) is 0 Å². The van der Waals surface area contributed by atoms with Gasteiger partial charge in [0, 0.05) is 16.0 Å². The van der Waals surface area contributed by atoms with E-state index in [1.54, 1.807) is 0 Å². The quantitative estimate of drug-likeness (QED) is 0.731. The van der Waals surface area contributed by atoms with Gasteiger partial charge in [-0.05, 0) is 52.7 Å². The van der Waals surface area contributed by atoms with E-state index in [0.29, 0.717) is 6.54 Å². The van der Waals surface area contributed by atoms with Gasteiger partial charge < -0.3 is 5.32 Å². The SMILES string of the molecule is Cc1nc(Br)ccc1NCc1ccc(Br)cc1Cl. The van der Waals surface area contributed by atoms with Crippen molar-refractivity contribution in [1.82, 2.24) is 4.98 Å². The number of hydrogen-bond donors (Lipinski definition) is 1. The van der Waals surface area contributed by atoms with Crippen LogP contribution >= 0.6 is 43.5 Å². The number of anilines is 1. The van der Waals surface area contributed by atoms with Gasteiger partial charge in [0.05, 0.1) is 11.4 Å². The minimum Gasteiger partial charge on any atom is -0.379 e. The van der Waals surface area contributed by atoms with Crippen LogP contribution in [-0.4, -0.2) is 4.98 Å². The fourth-order valence-corrected chi connectivity index (χ4v) is 2.71. The zero-order chi connectivity index (χ0) is 13.1. The molecular weight excluding hydrogens is 379 g/mol. The summed E-state index contributed by atoms with van der Waals surface area (Å²) in [5.41, 5.74) is 3.02. The third-order valence-corrected chi connectivity index (χ3v) is 3.82. The molecule has 0 aliphatic rings. The Labute approximate surface area is 128 Å². The van der Waals surface area contributed by atoms with Crippen LogP contribution in [0.25, 0.3) is 0 Å². The molecule has 0 atom stereocenters. The van der Waals surface area contributed by atoms with Gasteiger partial charge in [-0.25, -0.2) is 4.98 Å². The van der Waals surface area contributed by atoms with Gasteiger partial charge in [0.2, 0.25) is 0 Å². The summed E-state index contributed by atoms with van der Waals surface area (Å²) in [6, 6.07) is 9.79. The van der Waals surface area contributed by atoms with Crippen LogP contribution in [0.1, 0.15) is 11.3 Å². The number of pyridine rings is 1. The third kappa shape index (κ3) is 3.46. The molecule has 1 aromatic heterocycles. The van der Waals surface area contributed by atoms with E-state index in [0.717, 1.165) is 31.0 Å². The summed E-state index contributed by atoms with van der Waals surface area (Å²) in [7, 11) is 0. The fourth-order valence-electron chi connectivity index (χ4n) is 1.57. The first-order valence-corrected chi connectivity index (χ1v) is 7.33. The highest BCUT2D eigenvalue weighted by atomic mass is 79.9. The van der Waals surface area contributed by atoms with Crippen molar-refractivity contribution in [1.29, 1.82) is 0 Å². The predicted octanol–water partition coefficient (Wildman–Crippen LogP) is 5.18. The first-order valence-electron chi connectivity index (χ1n) is 5.37. The maximum atomic E-state index is 6.17. The molecule has 0 saturated carbocycles. The highest BCUT2D eigenvalue weighted by Gasteiger charge is 2.03. The smallest absolute Gasteiger partial charge is 0.106 e. The second-order valence-corrected chi connectivity index (χ2v) is 5.99. The molecular formula is C13H11Br2ClN2. The number of hydrogen-bond acceptors (Lipinski definition) is 2. The number of aryl methyl sites for hydroxylation is 1. The maximum absolute atomic E-state index is 6.17. The number of aromatic nitrogens is 1. The average Bonchev–Trinajstić information content (AvgIpc) is 2.30. The molecule has 0 bridgehead atoms. The number of nitrogens with zero attached hydrogens (tertiary/aromatic N) is 1. The first kappa shape index (κ1) is 13.8. The highest BCUT2D eigenvalue weighted by Crippen LogP contribution is 2.23. The Morgan fingerprint density at radius 1 is 1.22 bits per heavy atom. The molecule has 5 heteroatoms. The van der Waals surface area contributed by atoms with Crippen LogP contribution in [0.2, 0.25) is 5.02 Å². The van der Waals surface area contributed by atoms with E-state index in [9.17, 15) is 0 Å². The number of rotatable bonds is 3. The number of nitrogens with one attached hydrogen (secondary N) is 1. The Bertz CT molecular complexity index is 521. The van der Waals surface area contributed by atoms with Crippen LogP contribution in [0, 0.1) is 6.92 Å². The fraction of sp³-hybridized carbons (Fsp3) is 0.154. The van der Waals surface area contributed by atoms with E-state index in [2.05, 4.69) is 42.2 Å². The van der Waals surface area contributed by atoms with Gasteiger partial charge in [0.15, 0.2) is 0 Å². The van der Waals surface area contributed by atoms with Crippen LogP contribution in [0.4, 0.5) is 5.69 Å². The predicted molar refractivity (Wildman–Crippen MR) is 83.2 cm³/mol. The minimum absolute atomic E-state index is 0.677. The van der Waals surface area contributed by atoms with E-state index >= 15 is 0 Å². The van der Waals surface area contributed by atoms with Crippen molar-refractivity contribution in [2.75, 3.05) is 5.32 Å². The van der Waals surface area contributed by atoms with Crippen LogP contribution in [0.3, 0.4) is 0 Å². The molecule has 0 spiro atoms. The Morgan fingerprint density at radius 3 is 2.67 bits per heavy atom. The highest BCUT2D eigenvalue weighted by molar-refractivity contribution is 9.10. The zero-order valence-corrected chi connectivity index (χ0v) is 13.6. The van der Waals surface area contributed by atoms with Gasteiger partial charge in [-0.3, -0.25) is 0 Å². The molecule has 94 valence electrons.